The summed E-state index contributed by atoms with van der Waals surface area (Å²) in [5, 5.41) is 13.6. The lowest BCUT2D eigenvalue weighted by atomic mass is 10.0. The van der Waals surface area contributed by atoms with Crippen LogP contribution in [0.2, 0.25) is 0 Å². The molecule has 0 heterocycles. The van der Waals surface area contributed by atoms with Crippen LogP contribution < -0.4 is 10.1 Å². The first-order valence-electron chi connectivity index (χ1n) is 7.65. The minimum absolute atomic E-state index is 0.0359. The molecule has 0 spiro atoms. The molecule has 132 valence electrons. The first kappa shape index (κ1) is 18.8. The normalized spacial score (nSPS) is 10.4. The molecule has 1 amide bonds. The zero-order valence-electron chi connectivity index (χ0n) is 14.6. The van der Waals surface area contributed by atoms with Crippen molar-refractivity contribution >= 4 is 29.0 Å². The van der Waals surface area contributed by atoms with Gasteiger partial charge in [-0.3, -0.25) is 14.9 Å². The number of methoxy groups -OCH3 is 1. The molecular formula is C18H20N2O4S. The summed E-state index contributed by atoms with van der Waals surface area (Å²) in [4.78, 5) is 23.3. The molecule has 0 aliphatic rings. The molecule has 0 bridgehead atoms. The quantitative estimate of drug-likeness (QED) is 0.473. The smallest absolute Gasteiger partial charge is 0.269 e. The van der Waals surface area contributed by atoms with Crippen LogP contribution in [0.25, 0.3) is 0 Å². The summed E-state index contributed by atoms with van der Waals surface area (Å²) < 4.78 is 5.33. The molecule has 7 heteroatoms. The van der Waals surface area contributed by atoms with Gasteiger partial charge in [-0.05, 0) is 55.7 Å². The van der Waals surface area contributed by atoms with E-state index < -0.39 is 4.92 Å². The number of amides is 1. The molecule has 25 heavy (non-hydrogen) atoms. The summed E-state index contributed by atoms with van der Waals surface area (Å²) in [6.07, 6.45) is 0. The van der Waals surface area contributed by atoms with E-state index in [0.29, 0.717) is 0 Å². The van der Waals surface area contributed by atoms with Crippen molar-refractivity contribution in [2.45, 2.75) is 25.7 Å². The standard InChI is InChI=1S/C18H20N2O4S/c1-11-9-16(24-4)12(2)13(3)18(11)19-17(21)10-25-15-7-5-14(6-8-15)20(22)23/h5-9H,10H2,1-4H3,(H,19,21). The summed E-state index contributed by atoms with van der Waals surface area (Å²) in [7, 11) is 1.63. The lowest BCUT2D eigenvalue weighted by Crippen LogP contribution is -2.16. The van der Waals surface area contributed by atoms with E-state index in [1.165, 1.54) is 23.9 Å². The van der Waals surface area contributed by atoms with Gasteiger partial charge in [0.2, 0.25) is 5.91 Å². The molecule has 0 radical (unpaired) electrons. The van der Waals surface area contributed by atoms with E-state index in [9.17, 15) is 14.9 Å². The van der Waals surface area contributed by atoms with Gasteiger partial charge in [0.1, 0.15) is 5.75 Å². The molecule has 2 aromatic carbocycles. The highest BCUT2D eigenvalue weighted by Gasteiger charge is 2.13. The van der Waals surface area contributed by atoms with Crippen LogP contribution >= 0.6 is 11.8 Å². The number of nitro groups is 1. The monoisotopic (exact) mass is 360 g/mol. The van der Waals surface area contributed by atoms with E-state index >= 15 is 0 Å². The van der Waals surface area contributed by atoms with Crippen LogP contribution in [-0.2, 0) is 4.79 Å². The Hall–Kier alpha value is -2.54. The van der Waals surface area contributed by atoms with Crippen LogP contribution in [-0.4, -0.2) is 23.7 Å². The van der Waals surface area contributed by atoms with E-state index in [2.05, 4.69) is 5.32 Å². The van der Waals surface area contributed by atoms with Crippen molar-refractivity contribution in [2.75, 3.05) is 18.2 Å². The van der Waals surface area contributed by atoms with Crippen LogP contribution in [0, 0.1) is 30.9 Å². The number of hydrogen-bond donors (Lipinski definition) is 1. The van der Waals surface area contributed by atoms with E-state index in [-0.39, 0.29) is 17.3 Å². The number of nitro benzene ring substituents is 1. The predicted octanol–water partition coefficient (Wildman–Crippen LogP) is 4.26. The Bertz CT molecular complexity index is 804. The number of nitrogens with one attached hydrogen (secondary N) is 1. The van der Waals surface area contributed by atoms with Crippen molar-refractivity contribution < 1.29 is 14.5 Å². The largest absolute Gasteiger partial charge is 0.496 e. The highest BCUT2D eigenvalue weighted by atomic mass is 32.2. The number of nitrogens with zero attached hydrogens (tertiary/aromatic N) is 1. The first-order chi connectivity index (χ1) is 11.8. The molecule has 0 unspecified atom stereocenters. The highest BCUT2D eigenvalue weighted by Crippen LogP contribution is 2.31. The fourth-order valence-electron chi connectivity index (χ4n) is 2.44. The van der Waals surface area contributed by atoms with Gasteiger partial charge in [-0.2, -0.15) is 0 Å². The second-order valence-electron chi connectivity index (χ2n) is 5.61. The summed E-state index contributed by atoms with van der Waals surface area (Å²) in [5.41, 5.74) is 3.74. The number of benzene rings is 2. The minimum Gasteiger partial charge on any atom is -0.496 e. The van der Waals surface area contributed by atoms with Gasteiger partial charge in [-0.15, -0.1) is 11.8 Å². The van der Waals surface area contributed by atoms with Crippen molar-refractivity contribution in [2.24, 2.45) is 0 Å². The molecular weight excluding hydrogens is 340 g/mol. The zero-order chi connectivity index (χ0) is 18.6. The maximum atomic E-state index is 12.3. The minimum atomic E-state index is -0.446. The number of carbonyl (C=O) groups excluding carboxylic acids is 1. The van der Waals surface area contributed by atoms with Gasteiger partial charge in [0.05, 0.1) is 17.8 Å². The van der Waals surface area contributed by atoms with Gasteiger partial charge in [0.25, 0.3) is 5.69 Å². The Morgan fingerprint density at radius 2 is 1.84 bits per heavy atom. The Morgan fingerprint density at radius 3 is 2.40 bits per heavy atom. The van der Waals surface area contributed by atoms with Crippen LogP contribution in [0.15, 0.2) is 35.2 Å². The molecule has 0 aliphatic heterocycles. The summed E-state index contributed by atoms with van der Waals surface area (Å²) in [6, 6.07) is 8.05. The number of thioether (sulfide) groups is 1. The Balaban J connectivity index is 2.03. The number of carbonyl (C=O) groups is 1. The first-order valence-corrected chi connectivity index (χ1v) is 8.64. The molecule has 0 fully saturated rings. The summed E-state index contributed by atoms with van der Waals surface area (Å²) in [5.74, 6) is 0.897. The number of ether oxygens (including phenoxy) is 1. The van der Waals surface area contributed by atoms with Crippen molar-refractivity contribution in [3.8, 4) is 5.75 Å². The SMILES string of the molecule is COc1cc(C)c(NC(=O)CSc2ccc([N+](=O)[O-])cc2)c(C)c1C. The Morgan fingerprint density at radius 1 is 1.20 bits per heavy atom. The van der Waals surface area contributed by atoms with Crippen molar-refractivity contribution in [1.82, 2.24) is 0 Å². The molecule has 0 saturated heterocycles. The summed E-state index contributed by atoms with van der Waals surface area (Å²) in [6.45, 7) is 5.83. The van der Waals surface area contributed by atoms with Gasteiger partial charge in [-0.1, -0.05) is 0 Å². The molecule has 1 N–H and O–H groups in total. The van der Waals surface area contributed by atoms with Crippen molar-refractivity contribution in [3.05, 3.63) is 57.1 Å². The molecule has 6 nitrogen and oxygen atoms in total. The van der Waals surface area contributed by atoms with Gasteiger partial charge in [-0.25, -0.2) is 0 Å². The third kappa shape index (κ3) is 4.51. The van der Waals surface area contributed by atoms with Crippen LogP contribution in [0.4, 0.5) is 11.4 Å². The van der Waals surface area contributed by atoms with Gasteiger partial charge in [0.15, 0.2) is 0 Å². The average Bonchev–Trinajstić information content (AvgIpc) is 2.60. The topological polar surface area (TPSA) is 81.5 Å². The summed E-state index contributed by atoms with van der Waals surface area (Å²) >= 11 is 1.33. The average molecular weight is 360 g/mol. The van der Waals surface area contributed by atoms with Crippen molar-refractivity contribution in [3.63, 3.8) is 0 Å². The fourth-order valence-corrected chi connectivity index (χ4v) is 3.14. The van der Waals surface area contributed by atoms with Gasteiger partial charge in [0, 0.05) is 22.7 Å². The molecule has 2 rings (SSSR count). The maximum absolute atomic E-state index is 12.3. The third-order valence-corrected chi connectivity index (χ3v) is 4.96. The number of anilines is 1. The van der Waals surface area contributed by atoms with Gasteiger partial charge >= 0.3 is 0 Å². The zero-order valence-corrected chi connectivity index (χ0v) is 15.4. The van der Waals surface area contributed by atoms with E-state index in [1.54, 1.807) is 19.2 Å². The predicted molar refractivity (Wildman–Crippen MR) is 99.7 cm³/mol. The van der Waals surface area contributed by atoms with E-state index in [1.807, 2.05) is 26.8 Å². The lowest BCUT2D eigenvalue weighted by Gasteiger charge is -2.16. The molecule has 0 aromatic heterocycles. The third-order valence-electron chi connectivity index (χ3n) is 3.95. The van der Waals surface area contributed by atoms with Crippen LogP contribution in [0.3, 0.4) is 0 Å². The van der Waals surface area contributed by atoms with E-state index in [4.69, 9.17) is 4.74 Å². The number of aryl methyl sites for hydroxylation is 1. The molecule has 0 atom stereocenters. The molecule has 0 aliphatic carbocycles. The van der Waals surface area contributed by atoms with Crippen LogP contribution in [0.1, 0.15) is 16.7 Å². The lowest BCUT2D eigenvalue weighted by molar-refractivity contribution is -0.384. The van der Waals surface area contributed by atoms with Crippen molar-refractivity contribution in [1.29, 1.82) is 0 Å². The Kier molecular flexibility index (Phi) is 6.03. The van der Waals surface area contributed by atoms with E-state index in [0.717, 1.165) is 33.0 Å². The second-order valence-corrected chi connectivity index (χ2v) is 6.66. The maximum Gasteiger partial charge on any atom is 0.269 e. The Labute approximate surface area is 150 Å². The number of non-ortho nitro benzene ring substituents is 1. The number of hydrogen-bond acceptors (Lipinski definition) is 5. The fraction of sp³-hybridized carbons (Fsp3) is 0.278. The number of rotatable bonds is 6. The highest BCUT2D eigenvalue weighted by molar-refractivity contribution is 8.00. The van der Waals surface area contributed by atoms with Crippen LogP contribution in [0.5, 0.6) is 5.75 Å². The molecule has 0 saturated carbocycles. The second kappa shape index (κ2) is 8.02. The van der Waals surface area contributed by atoms with Gasteiger partial charge < -0.3 is 10.1 Å². The molecule has 2 aromatic rings.